The van der Waals surface area contributed by atoms with Gasteiger partial charge in [-0.3, -0.25) is 9.10 Å². The molecule has 1 N–H and O–H groups in total. The van der Waals surface area contributed by atoms with E-state index in [1.807, 2.05) is 52.8 Å². The zero-order valence-corrected chi connectivity index (χ0v) is 20.2. The molecular weight excluding hydrogens is 428 g/mol. The van der Waals surface area contributed by atoms with Crippen molar-refractivity contribution in [2.45, 2.75) is 45.1 Å². The molecule has 1 atom stereocenters. The van der Waals surface area contributed by atoms with Gasteiger partial charge in [0.15, 0.2) is 0 Å². The predicted octanol–water partition coefficient (Wildman–Crippen LogP) is 3.44. The number of anilines is 1. The predicted molar refractivity (Wildman–Crippen MR) is 125 cm³/mol. The molecule has 1 unspecified atom stereocenters. The van der Waals surface area contributed by atoms with Crippen LogP contribution in [0.15, 0.2) is 47.4 Å². The number of hydrogen-bond donors (Lipinski definition) is 1. The van der Waals surface area contributed by atoms with E-state index in [4.69, 9.17) is 9.47 Å². The van der Waals surface area contributed by atoms with Crippen LogP contribution in [0.5, 0.6) is 5.75 Å². The van der Waals surface area contributed by atoms with Gasteiger partial charge in [0.25, 0.3) is 10.0 Å². The van der Waals surface area contributed by atoms with Crippen LogP contribution < -0.4 is 14.4 Å². The van der Waals surface area contributed by atoms with Gasteiger partial charge in [0.2, 0.25) is 5.91 Å². The summed E-state index contributed by atoms with van der Waals surface area (Å²) in [7, 11) is -3.76. The first-order valence-electron chi connectivity index (χ1n) is 10.7. The van der Waals surface area contributed by atoms with Crippen molar-refractivity contribution in [2.75, 3.05) is 30.7 Å². The van der Waals surface area contributed by atoms with Crippen LogP contribution in [0, 0.1) is 19.8 Å². The van der Waals surface area contributed by atoms with Gasteiger partial charge < -0.3 is 14.8 Å². The van der Waals surface area contributed by atoms with E-state index in [-0.39, 0.29) is 29.9 Å². The Labute approximate surface area is 190 Å². The number of nitrogens with zero attached hydrogens (tertiary/aromatic N) is 1. The zero-order valence-electron chi connectivity index (χ0n) is 19.3. The number of carbonyl (C=O) groups excluding carboxylic acids is 1. The maximum Gasteiger partial charge on any atom is 0.264 e. The van der Waals surface area contributed by atoms with Crippen molar-refractivity contribution in [3.05, 3.63) is 53.6 Å². The van der Waals surface area contributed by atoms with Gasteiger partial charge in [-0.1, -0.05) is 31.5 Å². The maximum atomic E-state index is 13.5. The van der Waals surface area contributed by atoms with E-state index in [9.17, 15) is 13.2 Å². The fourth-order valence-electron chi connectivity index (χ4n) is 3.68. The van der Waals surface area contributed by atoms with E-state index >= 15 is 0 Å². The minimum absolute atomic E-state index is 0.0511. The van der Waals surface area contributed by atoms with Crippen LogP contribution in [-0.4, -0.2) is 46.2 Å². The molecule has 3 rings (SSSR count). The standard InChI is InChI=1S/C24H32N2O5S/c1-17(2)13-26(22-11-6-18(3)12-19(22)4)32(28,29)21-9-7-20(8-10-21)31-16-24(5)15-30-14-23(27)25-24/h6-12,17H,13-16H2,1-5H3,(H,25,27). The SMILES string of the molecule is Cc1ccc(N(CC(C)C)S(=O)(=O)c2ccc(OCC3(C)COCC(=O)N3)cc2)c(C)c1. The molecule has 0 bridgehead atoms. The molecule has 1 aliphatic rings. The topological polar surface area (TPSA) is 84.9 Å². The lowest BCUT2D eigenvalue weighted by Crippen LogP contribution is -2.58. The Morgan fingerprint density at radius 2 is 1.84 bits per heavy atom. The van der Waals surface area contributed by atoms with Gasteiger partial charge in [0.1, 0.15) is 19.0 Å². The molecule has 32 heavy (non-hydrogen) atoms. The number of carbonyl (C=O) groups is 1. The smallest absolute Gasteiger partial charge is 0.264 e. The van der Waals surface area contributed by atoms with Gasteiger partial charge >= 0.3 is 0 Å². The van der Waals surface area contributed by atoms with E-state index in [2.05, 4.69) is 5.32 Å². The summed E-state index contributed by atoms with van der Waals surface area (Å²) in [5.41, 5.74) is 2.06. The molecule has 0 saturated carbocycles. The molecule has 8 heteroatoms. The summed E-state index contributed by atoms with van der Waals surface area (Å²) in [5.74, 6) is 0.495. The first kappa shape index (κ1) is 24.1. The molecule has 1 saturated heterocycles. The summed E-state index contributed by atoms with van der Waals surface area (Å²) in [4.78, 5) is 11.8. The summed E-state index contributed by atoms with van der Waals surface area (Å²) in [6.45, 7) is 10.7. The lowest BCUT2D eigenvalue weighted by Gasteiger charge is -2.34. The van der Waals surface area contributed by atoms with Crippen LogP contribution in [-0.2, 0) is 19.6 Å². The third kappa shape index (κ3) is 5.61. The average molecular weight is 461 g/mol. The van der Waals surface area contributed by atoms with Crippen LogP contribution in [0.1, 0.15) is 31.9 Å². The quantitative estimate of drug-likeness (QED) is 0.652. The number of morpholine rings is 1. The molecule has 174 valence electrons. The van der Waals surface area contributed by atoms with Crippen LogP contribution in [0.3, 0.4) is 0 Å². The number of nitrogens with one attached hydrogen (secondary N) is 1. The highest BCUT2D eigenvalue weighted by Crippen LogP contribution is 2.29. The molecular formula is C24H32N2O5S. The molecule has 2 aromatic rings. The maximum absolute atomic E-state index is 13.5. The number of amides is 1. The molecule has 0 spiro atoms. The highest BCUT2D eigenvalue weighted by atomic mass is 32.2. The Bertz CT molecular complexity index is 1070. The van der Waals surface area contributed by atoms with E-state index in [0.717, 1.165) is 11.1 Å². The van der Waals surface area contributed by atoms with Gasteiger partial charge in [-0.15, -0.1) is 0 Å². The minimum atomic E-state index is -3.76. The van der Waals surface area contributed by atoms with Crippen LogP contribution in [0.25, 0.3) is 0 Å². The molecule has 1 heterocycles. The van der Waals surface area contributed by atoms with Crippen LogP contribution in [0.4, 0.5) is 5.69 Å². The monoisotopic (exact) mass is 460 g/mol. The Morgan fingerprint density at radius 1 is 1.16 bits per heavy atom. The highest BCUT2D eigenvalue weighted by Gasteiger charge is 2.32. The van der Waals surface area contributed by atoms with Crippen molar-refractivity contribution >= 4 is 21.6 Å². The number of hydrogen-bond acceptors (Lipinski definition) is 5. The molecule has 1 fully saturated rings. The van der Waals surface area contributed by atoms with Gasteiger partial charge in [-0.05, 0) is 62.6 Å². The fourth-order valence-corrected chi connectivity index (χ4v) is 5.37. The second-order valence-electron chi connectivity index (χ2n) is 9.08. The summed E-state index contributed by atoms with van der Waals surface area (Å²) in [6.07, 6.45) is 0. The zero-order chi connectivity index (χ0) is 23.5. The lowest BCUT2D eigenvalue weighted by molar-refractivity contribution is -0.135. The van der Waals surface area contributed by atoms with Gasteiger partial charge in [0.05, 0.1) is 22.7 Å². The number of sulfonamides is 1. The summed E-state index contributed by atoms with van der Waals surface area (Å²) in [6, 6.07) is 12.2. The number of benzene rings is 2. The first-order chi connectivity index (χ1) is 15.0. The lowest BCUT2D eigenvalue weighted by atomic mass is 10.0. The Balaban J connectivity index is 1.81. The number of aryl methyl sites for hydroxylation is 2. The van der Waals surface area contributed by atoms with E-state index in [1.54, 1.807) is 24.3 Å². The fraction of sp³-hybridized carbons (Fsp3) is 0.458. The van der Waals surface area contributed by atoms with Gasteiger partial charge in [0, 0.05) is 6.54 Å². The van der Waals surface area contributed by atoms with Gasteiger partial charge in [-0.2, -0.15) is 0 Å². The largest absolute Gasteiger partial charge is 0.491 e. The van der Waals surface area contributed by atoms with Crippen molar-refractivity contribution in [1.29, 1.82) is 0 Å². The highest BCUT2D eigenvalue weighted by molar-refractivity contribution is 7.92. The summed E-state index contributed by atoms with van der Waals surface area (Å²) in [5, 5.41) is 2.87. The van der Waals surface area contributed by atoms with Crippen molar-refractivity contribution in [3.8, 4) is 5.75 Å². The minimum Gasteiger partial charge on any atom is -0.491 e. The van der Waals surface area contributed by atoms with Crippen LogP contribution in [0.2, 0.25) is 0 Å². The van der Waals surface area contributed by atoms with Gasteiger partial charge in [-0.25, -0.2) is 8.42 Å². The van der Waals surface area contributed by atoms with E-state index in [0.29, 0.717) is 24.6 Å². The molecule has 7 nitrogen and oxygen atoms in total. The molecule has 0 aliphatic carbocycles. The second-order valence-corrected chi connectivity index (χ2v) is 10.9. The summed E-state index contributed by atoms with van der Waals surface area (Å²) >= 11 is 0. The van der Waals surface area contributed by atoms with Crippen molar-refractivity contribution < 1.29 is 22.7 Å². The first-order valence-corrected chi connectivity index (χ1v) is 12.2. The molecule has 0 radical (unpaired) electrons. The Kier molecular flexibility index (Phi) is 7.15. The van der Waals surface area contributed by atoms with E-state index in [1.165, 1.54) is 4.31 Å². The van der Waals surface area contributed by atoms with Crippen LogP contribution >= 0.6 is 0 Å². The van der Waals surface area contributed by atoms with E-state index < -0.39 is 15.6 Å². The molecule has 2 aromatic carbocycles. The molecule has 0 aromatic heterocycles. The van der Waals surface area contributed by atoms with Crippen molar-refractivity contribution in [1.82, 2.24) is 5.32 Å². The Morgan fingerprint density at radius 3 is 2.44 bits per heavy atom. The normalized spacial score (nSPS) is 19.0. The Hall–Kier alpha value is -2.58. The number of ether oxygens (including phenoxy) is 2. The van der Waals surface area contributed by atoms with Crippen molar-refractivity contribution in [2.24, 2.45) is 5.92 Å². The second kappa shape index (κ2) is 9.50. The third-order valence-corrected chi connectivity index (χ3v) is 7.01. The third-order valence-electron chi connectivity index (χ3n) is 5.22. The molecule has 1 aliphatic heterocycles. The van der Waals surface area contributed by atoms with Crippen molar-refractivity contribution in [3.63, 3.8) is 0 Å². The molecule has 1 amide bonds. The average Bonchev–Trinajstić information content (AvgIpc) is 2.71. The summed E-state index contributed by atoms with van der Waals surface area (Å²) < 4.78 is 39.6. The number of rotatable bonds is 8.